The maximum absolute atomic E-state index is 12.3. The fraction of sp³-hybridized carbons (Fsp3) is 0.333. The van der Waals surface area contributed by atoms with Gasteiger partial charge in [0.1, 0.15) is 11.9 Å². The molecule has 4 N–H and O–H groups in total. The van der Waals surface area contributed by atoms with Crippen LogP contribution < -0.4 is 10.5 Å². The first-order chi connectivity index (χ1) is 16.2. The Morgan fingerprint density at radius 3 is 2.59 bits per heavy atom. The molecule has 34 heavy (non-hydrogen) atoms. The molecule has 1 unspecified atom stereocenters. The minimum Gasteiger partial charge on any atom is -0.507 e. The third kappa shape index (κ3) is 6.94. The Labute approximate surface area is 203 Å². The number of primary amides is 1. The average Bonchev–Trinajstić information content (AvgIpc) is 3.28. The standard InChI is InChI=1S/C24H29N3O5S2/c1-3-4-10-21(32-24(25)29)19-13-17(12-18-14-26-15-33-18)22(27-34(2,30)31)20(23(19)28)11-16-8-6-5-7-9-16/h5-9,13-15,21,27-28H,3-4,10-12H2,1-2H3,(H2,25,29). The van der Waals surface area contributed by atoms with Gasteiger partial charge in [0.2, 0.25) is 10.0 Å². The van der Waals surface area contributed by atoms with Gasteiger partial charge in [-0.3, -0.25) is 9.71 Å². The second-order valence-electron chi connectivity index (χ2n) is 8.08. The molecule has 2 aromatic carbocycles. The molecule has 0 saturated heterocycles. The Kier molecular flexibility index (Phi) is 8.51. The maximum atomic E-state index is 12.3. The molecule has 0 aliphatic carbocycles. The van der Waals surface area contributed by atoms with Crippen LogP contribution in [0.1, 0.15) is 59.4 Å². The second-order valence-corrected chi connectivity index (χ2v) is 10.8. The smallest absolute Gasteiger partial charge is 0.405 e. The summed E-state index contributed by atoms with van der Waals surface area (Å²) in [4.78, 5) is 16.7. The highest BCUT2D eigenvalue weighted by Crippen LogP contribution is 2.41. The molecule has 0 aliphatic heterocycles. The van der Waals surface area contributed by atoms with Gasteiger partial charge in [-0.25, -0.2) is 13.2 Å². The van der Waals surface area contributed by atoms with E-state index in [2.05, 4.69) is 9.71 Å². The van der Waals surface area contributed by atoms with Gasteiger partial charge >= 0.3 is 6.09 Å². The number of thiazole rings is 1. The summed E-state index contributed by atoms with van der Waals surface area (Å²) in [7, 11) is -3.66. The number of hydrogen-bond acceptors (Lipinski definition) is 7. The summed E-state index contributed by atoms with van der Waals surface area (Å²) in [5.74, 6) is -0.120. The van der Waals surface area contributed by atoms with Gasteiger partial charge in [-0.15, -0.1) is 11.3 Å². The fourth-order valence-corrected chi connectivity index (χ4v) is 5.05. The quantitative estimate of drug-likeness (QED) is 0.347. The summed E-state index contributed by atoms with van der Waals surface area (Å²) in [6.45, 7) is 2.01. The summed E-state index contributed by atoms with van der Waals surface area (Å²) in [5, 5.41) is 11.4. The summed E-state index contributed by atoms with van der Waals surface area (Å²) in [6.07, 6.45) is 3.81. The Bertz CT molecular complexity index is 1210. The molecule has 3 rings (SSSR count). The monoisotopic (exact) mass is 503 g/mol. The van der Waals surface area contributed by atoms with Crippen LogP contribution in [0.2, 0.25) is 0 Å². The van der Waals surface area contributed by atoms with Gasteiger partial charge in [0.05, 0.1) is 17.5 Å². The number of amides is 1. The van der Waals surface area contributed by atoms with Crippen molar-refractivity contribution in [3.8, 4) is 5.75 Å². The Hall–Kier alpha value is -3.11. The van der Waals surface area contributed by atoms with Crippen LogP contribution in [0.5, 0.6) is 5.75 Å². The Balaban J connectivity index is 2.24. The normalized spacial score (nSPS) is 12.3. The van der Waals surface area contributed by atoms with Crippen molar-refractivity contribution in [2.24, 2.45) is 5.73 Å². The van der Waals surface area contributed by atoms with Crippen LogP contribution in [-0.4, -0.2) is 30.9 Å². The van der Waals surface area contributed by atoms with E-state index < -0.39 is 22.2 Å². The number of nitrogens with two attached hydrogens (primary N) is 1. The zero-order chi connectivity index (χ0) is 24.7. The molecule has 1 amide bonds. The molecule has 0 aliphatic rings. The number of anilines is 1. The van der Waals surface area contributed by atoms with Crippen molar-refractivity contribution in [1.29, 1.82) is 0 Å². The molecule has 8 nitrogen and oxygen atoms in total. The first-order valence-electron chi connectivity index (χ1n) is 10.9. The molecule has 1 aromatic heterocycles. The number of aromatic hydroxyl groups is 1. The topological polar surface area (TPSA) is 132 Å². The number of phenols is 1. The van der Waals surface area contributed by atoms with E-state index in [1.165, 1.54) is 11.3 Å². The predicted octanol–water partition coefficient (Wildman–Crippen LogP) is 4.73. The lowest BCUT2D eigenvalue weighted by Gasteiger charge is -2.24. The van der Waals surface area contributed by atoms with E-state index in [-0.39, 0.29) is 12.2 Å². The van der Waals surface area contributed by atoms with Crippen LogP contribution in [0.15, 0.2) is 48.1 Å². The summed E-state index contributed by atoms with van der Waals surface area (Å²) in [5.41, 5.74) is 9.68. The maximum Gasteiger partial charge on any atom is 0.405 e. The van der Waals surface area contributed by atoms with Gasteiger partial charge in [0.15, 0.2) is 0 Å². The molecule has 1 atom stereocenters. The zero-order valence-corrected chi connectivity index (χ0v) is 20.8. The van der Waals surface area contributed by atoms with E-state index in [0.29, 0.717) is 35.2 Å². The summed E-state index contributed by atoms with van der Waals surface area (Å²) in [6, 6.07) is 11.1. The highest BCUT2D eigenvalue weighted by molar-refractivity contribution is 7.92. The number of phenolic OH excluding ortho intramolecular Hbond substituents is 1. The third-order valence-electron chi connectivity index (χ3n) is 5.30. The Morgan fingerprint density at radius 1 is 1.26 bits per heavy atom. The van der Waals surface area contributed by atoms with Crippen LogP contribution in [0.25, 0.3) is 0 Å². The lowest BCUT2D eigenvalue weighted by Crippen LogP contribution is -2.19. The van der Waals surface area contributed by atoms with Crippen molar-refractivity contribution < 1.29 is 23.1 Å². The highest BCUT2D eigenvalue weighted by atomic mass is 32.2. The largest absolute Gasteiger partial charge is 0.507 e. The van der Waals surface area contributed by atoms with Crippen molar-refractivity contribution in [1.82, 2.24) is 4.98 Å². The number of hydrogen-bond donors (Lipinski definition) is 3. The van der Waals surface area contributed by atoms with Gasteiger partial charge in [-0.1, -0.05) is 43.7 Å². The average molecular weight is 504 g/mol. The lowest BCUT2D eigenvalue weighted by atomic mass is 9.91. The number of unbranched alkanes of at least 4 members (excludes halogenated alkanes) is 1. The van der Waals surface area contributed by atoms with Gasteiger partial charge in [0.25, 0.3) is 0 Å². The first kappa shape index (κ1) is 25.5. The summed E-state index contributed by atoms with van der Waals surface area (Å²) < 4.78 is 32.6. The molecule has 0 bridgehead atoms. The zero-order valence-electron chi connectivity index (χ0n) is 19.2. The van der Waals surface area contributed by atoms with Crippen molar-refractivity contribution in [2.45, 2.75) is 45.1 Å². The van der Waals surface area contributed by atoms with E-state index in [1.54, 1.807) is 17.8 Å². The van der Waals surface area contributed by atoms with Crippen molar-refractivity contribution in [2.75, 3.05) is 11.0 Å². The molecule has 10 heteroatoms. The minimum absolute atomic E-state index is 0.120. The molecule has 3 aromatic rings. The number of nitrogens with one attached hydrogen (secondary N) is 1. The number of aromatic nitrogens is 1. The number of nitrogens with zero attached hydrogens (tertiary/aromatic N) is 1. The van der Waals surface area contributed by atoms with E-state index in [9.17, 15) is 18.3 Å². The molecule has 0 fully saturated rings. The summed E-state index contributed by atoms with van der Waals surface area (Å²) >= 11 is 1.44. The van der Waals surface area contributed by atoms with Gasteiger partial charge in [-0.2, -0.15) is 0 Å². The molecule has 1 heterocycles. The second kappa shape index (κ2) is 11.3. The number of sulfonamides is 1. The number of ether oxygens (including phenoxy) is 1. The van der Waals surface area contributed by atoms with Crippen LogP contribution >= 0.6 is 11.3 Å². The van der Waals surface area contributed by atoms with E-state index in [1.807, 2.05) is 37.3 Å². The number of carbonyl (C=O) groups excluding carboxylic acids is 1. The number of carbonyl (C=O) groups is 1. The van der Waals surface area contributed by atoms with Gasteiger partial charge in [0, 0.05) is 35.0 Å². The van der Waals surface area contributed by atoms with E-state index in [4.69, 9.17) is 10.5 Å². The van der Waals surface area contributed by atoms with Crippen LogP contribution in [0, 0.1) is 0 Å². The van der Waals surface area contributed by atoms with Crippen LogP contribution in [-0.2, 0) is 27.6 Å². The van der Waals surface area contributed by atoms with Crippen LogP contribution in [0.4, 0.5) is 10.5 Å². The minimum atomic E-state index is -3.66. The van der Waals surface area contributed by atoms with Gasteiger partial charge in [-0.05, 0) is 30.0 Å². The number of benzene rings is 2. The molecular weight excluding hydrogens is 474 g/mol. The first-order valence-corrected chi connectivity index (χ1v) is 13.7. The van der Waals surface area contributed by atoms with Crippen LogP contribution in [0.3, 0.4) is 0 Å². The molecule has 182 valence electrons. The van der Waals surface area contributed by atoms with E-state index >= 15 is 0 Å². The Morgan fingerprint density at radius 2 is 2.00 bits per heavy atom. The fourth-order valence-electron chi connectivity index (χ4n) is 3.81. The van der Waals surface area contributed by atoms with Crippen molar-refractivity contribution in [3.63, 3.8) is 0 Å². The molecular formula is C24H29N3O5S2. The molecule has 0 saturated carbocycles. The van der Waals surface area contributed by atoms with Crippen molar-refractivity contribution in [3.05, 3.63) is 75.2 Å². The molecule has 0 radical (unpaired) electrons. The lowest BCUT2D eigenvalue weighted by molar-refractivity contribution is 0.0981. The van der Waals surface area contributed by atoms with E-state index in [0.717, 1.165) is 29.5 Å². The van der Waals surface area contributed by atoms with Gasteiger partial charge < -0.3 is 15.6 Å². The molecule has 0 spiro atoms. The predicted molar refractivity (Wildman–Crippen MR) is 134 cm³/mol. The number of rotatable bonds is 11. The highest BCUT2D eigenvalue weighted by Gasteiger charge is 2.26. The van der Waals surface area contributed by atoms with Crippen molar-refractivity contribution >= 4 is 33.1 Å². The third-order valence-corrected chi connectivity index (χ3v) is 6.65. The SMILES string of the molecule is CCCCC(OC(N)=O)c1cc(Cc2cncs2)c(NS(C)(=O)=O)c(Cc2ccccc2)c1O.